The minimum absolute atomic E-state index is 0.0150. The van der Waals surface area contributed by atoms with Gasteiger partial charge in [-0.3, -0.25) is 4.79 Å². The number of hydrogen-bond donors (Lipinski definition) is 3. The molecule has 1 aromatic heterocycles. The molecule has 0 aliphatic rings. The molecule has 0 spiro atoms. The summed E-state index contributed by atoms with van der Waals surface area (Å²) in [6.07, 6.45) is 2.63. The molecule has 3 aromatic carbocycles. The summed E-state index contributed by atoms with van der Waals surface area (Å²) >= 11 is 6.26. The molecule has 0 aliphatic carbocycles. The van der Waals surface area contributed by atoms with E-state index in [-0.39, 0.29) is 40.9 Å². The van der Waals surface area contributed by atoms with Crippen molar-refractivity contribution in [2.24, 2.45) is 0 Å². The molecule has 0 radical (unpaired) electrons. The van der Waals surface area contributed by atoms with Crippen molar-refractivity contribution in [1.82, 2.24) is 4.98 Å². The second-order valence-corrected chi connectivity index (χ2v) is 11.1. The predicted molar refractivity (Wildman–Crippen MR) is 144 cm³/mol. The number of rotatable bonds is 10. The number of aliphatic hydroxyl groups excluding tert-OH is 1. The van der Waals surface area contributed by atoms with Gasteiger partial charge in [0.05, 0.1) is 24.1 Å². The number of anilines is 1. The summed E-state index contributed by atoms with van der Waals surface area (Å²) < 4.78 is 49.6. The molecule has 0 saturated heterocycles. The molecule has 0 bridgehead atoms. The quantitative estimate of drug-likeness (QED) is 0.231. The molecule has 0 amide bonds. The fourth-order valence-corrected chi connectivity index (χ4v) is 4.97. The number of halogens is 2. The van der Waals surface area contributed by atoms with Gasteiger partial charge in [-0.25, -0.2) is 12.8 Å². The van der Waals surface area contributed by atoms with Crippen LogP contribution in [0.5, 0.6) is 11.5 Å². The lowest BCUT2D eigenvalue weighted by Gasteiger charge is -2.23. The molecule has 1 atom stereocenters. The monoisotopic (exact) mass is 560 g/mol. The minimum Gasteiger partial charge on any atom is -0.497 e. The average molecular weight is 561 g/mol. The van der Waals surface area contributed by atoms with Crippen molar-refractivity contribution in [3.05, 3.63) is 82.3 Å². The third kappa shape index (κ3) is 5.62. The maximum atomic E-state index is 14.2. The van der Waals surface area contributed by atoms with Crippen LogP contribution in [0.1, 0.15) is 27.5 Å². The first-order valence-electron chi connectivity index (χ1n) is 11.5. The van der Waals surface area contributed by atoms with Crippen LogP contribution in [-0.4, -0.2) is 50.9 Å². The van der Waals surface area contributed by atoms with Gasteiger partial charge in [0.1, 0.15) is 30.0 Å². The lowest BCUT2D eigenvalue weighted by molar-refractivity contribution is 0.0969. The number of aromatic amines is 1. The van der Waals surface area contributed by atoms with E-state index in [0.717, 1.165) is 17.9 Å². The van der Waals surface area contributed by atoms with Gasteiger partial charge in [0.2, 0.25) is 0 Å². The molecule has 8 nitrogen and oxygen atoms in total. The van der Waals surface area contributed by atoms with Gasteiger partial charge >= 0.3 is 0 Å². The van der Waals surface area contributed by atoms with E-state index in [4.69, 9.17) is 21.1 Å². The van der Waals surface area contributed by atoms with Gasteiger partial charge in [-0.2, -0.15) is 0 Å². The SMILES string of the molecule is COc1cc(NC(C(=O)c2c[nH]c3c(C)c(Cl)ccc23)c2ccc(F)cc2OCCO)cc(S(C)(=O)=O)c1. The first kappa shape index (κ1) is 27.4. The molecule has 1 heterocycles. The molecule has 0 fully saturated rings. The third-order valence-electron chi connectivity index (χ3n) is 6.07. The number of nitrogens with one attached hydrogen (secondary N) is 2. The Morgan fingerprint density at radius 2 is 1.95 bits per heavy atom. The van der Waals surface area contributed by atoms with Crippen LogP contribution in [0.4, 0.5) is 10.1 Å². The number of sulfone groups is 1. The summed E-state index contributed by atoms with van der Waals surface area (Å²) in [5, 5.41) is 13.5. The Morgan fingerprint density at radius 1 is 1.18 bits per heavy atom. The van der Waals surface area contributed by atoms with Crippen molar-refractivity contribution in [3.63, 3.8) is 0 Å². The number of hydrogen-bond acceptors (Lipinski definition) is 7. The van der Waals surface area contributed by atoms with Gasteiger partial charge in [-0.1, -0.05) is 17.7 Å². The molecule has 4 rings (SSSR count). The van der Waals surface area contributed by atoms with Gasteiger partial charge in [-0.05, 0) is 42.8 Å². The Hall–Kier alpha value is -3.60. The van der Waals surface area contributed by atoms with Crippen molar-refractivity contribution in [3.8, 4) is 11.5 Å². The molecule has 0 saturated carbocycles. The number of ketones is 1. The van der Waals surface area contributed by atoms with Crippen molar-refractivity contribution in [1.29, 1.82) is 0 Å². The number of carbonyl (C=O) groups excluding carboxylic acids is 1. The Morgan fingerprint density at radius 3 is 2.63 bits per heavy atom. The molecule has 200 valence electrons. The lowest BCUT2D eigenvalue weighted by atomic mass is 9.95. The van der Waals surface area contributed by atoms with Crippen molar-refractivity contribution < 1.29 is 32.2 Å². The number of methoxy groups -OCH3 is 1. The highest BCUT2D eigenvalue weighted by Gasteiger charge is 2.29. The first-order chi connectivity index (χ1) is 18.0. The van der Waals surface area contributed by atoms with Gasteiger partial charge in [0.15, 0.2) is 15.6 Å². The molecule has 38 heavy (non-hydrogen) atoms. The summed E-state index contributed by atoms with van der Waals surface area (Å²) in [4.78, 5) is 17.2. The Bertz CT molecular complexity index is 1620. The highest BCUT2D eigenvalue weighted by Crippen LogP contribution is 2.36. The highest BCUT2D eigenvalue weighted by atomic mass is 35.5. The zero-order valence-corrected chi connectivity index (χ0v) is 22.4. The third-order valence-corrected chi connectivity index (χ3v) is 7.57. The van der Waals surface area contributed by atoms with E-state index >= 15 is 0 Å². The van der Waals surface area contributed by atoms with Crippen molar-refractivity contribution >= 4 is 43.8 Å². The van der Waals surface area contributed by atoms with Crippen LogP contribution in [0.25, 0.3) is 10.9 Å². The van der Waals surface area contributed by atoms with Crippen LogP contribution in [0, 0.1) is 12.7 Å². The number of aliphatic hydroxyl groups is 1. The Balaban J connectivity index is 1.89. The number of carbonyl (C=O) groups is 1. The van der Waals surface area contributed by atoms with E-state index in [1.165, 1.54) is 31.4 Å². The number of aromatic nitrogens is 1. The van der Waals surface area contributed by atoms with E-state index in [9.17, 15) is 22.7 Å². The van der Waals surface area contributed by atoms with Gasteiger partial charge in [-0.15, -0.1) is 0 Å². The van der Waals surface area contributed by atoms with E-state index in [1.807, 2.05) is 6.92 Å². The summed E-state index contributed by atoms with van der Waals surface area (Å²) in [5.74, 6) is -0.682. The van der Waals surface area contributed by atoms with Crippen LogP contribution in [0.15, 0.2) is 59.6 Å². The normalized spacial score (nSPS) is 12.4. The van der Waals surface area contributed by atoms with E-state index in [2.05, 4.69) is 10.3 Å². The molecule has 1 unspecified atom stereocenters. The molecular formula is C27H26ClFN2O6S. The molecular weight excluding hydrogens is 535 g/mol. The molecule has 11 heteroatoms. The highest BCUT2D eigenvalue weighted by molar-refractivity contribution is 7.90. The largest absolute Gasteiger partial charge is 0.497 e. The fraction of sp³-hybridized carbons (Fsp3) is 0.222. The van der Waals surface area contributed by atoms with Gasteiger partial charge in [0, 0.05) is 51.8 Å². The second-order valence-electron chi connectivity index (χ2n) is 8.66. The number of H-pyrrole nitrogens is 1. The Kier molecular flexibility index (Phi) is 7.96. The predicted octanol–water partition coefficient (Wildman–Crippen LogP) is 5.09. The van der Waals surface area contributed by atoms with Crippen LogP contribution >= 0.6 is 11.6 Å². The van der Waals surface area contributed by atoms with E-state index in [1.54, 1.807) is 24.4 Å². The number of Topliss-reactive ketones (excluding diaryl/α,β-unsaturated/α-hetero) is 1. The summed E-state index contributed by atoms with van der Waals surface area (Å²) in [6, 6.07) is 10.3. The number of fused-ring (bicyclic) bond motifs is 1. The van der Waals surface area contributed by atoms with Crippen molar-refractivity contribution in [2.75, 3.05) is 31.9 Å². The zero-order valence-electron chi connectivity index (χ0n) is 20.8. The number of ether oxygens (including phenoxy) is 2. The fourth-order valence-electron chi connectivity index (χ4n) is 4.14. The van der Waals surface area contributed by atoms with Crippen LogP contribution in [0.3, 0.4) is 0 Å². The summed E-state index contributed by atoms with van der Waals surface area (Å²) in [5.41, 5.74) is 2.36. The van der Waals surface area contributed by atoms with Crippen molar-refractivity contribution in [2.45, 2.75) is 17.9 Å². The minimum atomic E-state index is -3.61. The van der Waals surface area contributed by atoms with Gasteiger partial charge in [0.25, 0.3) is 0 Å². The average Bonchev–Trinajstić information content (AvgIpc) is 3.32. The molecule has 4 aromatic rings. The number of aryl methyl sites for hydroxylation is 1. The van der Waals surface area contributed by atoms with Gasteiger partial charge < -0.3 is 24.9 Å². The van der Waals surface area contributed by atoms with Crippen LogP contribution < -0.4 is 14.8 Å². The topological polar surface area (TPSA) is 118 Å². The zero-order chi connectivity index (χ0) is 27.6. The first-order valence-corrected chi connectivity index (χ1v) is 13.8. The molecule has 0 aliphatic heterocycles. The van der Waals surface area contributed by atoms with E-state index < -0.39 is 27.5 Å². The summed E-state index contributed by atoms with van der Waals surface area (Å²) in [7, 11) is -2.21. The van der Waals surface area contributed by atoms with E-state index in [0.29, 0.717) is 21.5 Å². The lowest BCUT2D eigenvalue weighted by Crippen LogP contribution is -2.22. The standard InChI is InChI=1S/C27H26ClFN2O6S/c1-15-23(28)7-6-20-22(14-30-25(15)20)27(33)26(21-5-4-16(29)10-24(21)37-9-8-32)31-17-11-18(36-2)13-19(12-17)38(3,34)35/h4-7,10-14,26,30-32H,8-9H2,1-3H3. The van der Waals surface area contributed by atoms with Crippen LogP contribution in [0.2, 0.25) is 5.02 Å². The maximum Gasteiger partial charge on any atom is 0.191 e. The van der Waals surface area contributed by atoms with Crippen LogP contribution in [-0.2, 0) is 9.84 Å². The summed E-state index contributed by atoms with van der Waals surface area (Å²) in [6.45, 7) is 1.38. The Labute approximate surface area is 224 Å². The number of benzene rings is 3. The molecule has 3 N–H and O–H groups in total. The second kappa shape index (κ2) is 11.0. The smallest absolute Gasteiger partial charge is 0.191 e. The maximum absolute atomic E-state index is 14.2.